The molecule has 2 N–H and O–H groups in total. The molecule has 1 unspecified atom stereocenters. The van der Waals surface area contributed by atoms with Crippen molar-refractivity contribution in [3.05, 3.63) is 59.0 Å². The first-order valence-electron chi connectivity index (χ1n) is 6.28. The number of aromatic nitrogens is 2. The Kier molecular flexibility index (Phi) is 3.32. The molecule has 1 heterocycles. The van der Waals surface area contributed by atoms with Crippen molar-refractivity contribution in [1.29, 1.82) is 0 Å². The minimum absolute atomic E-state index is 0.0217. The van der Waals surface area contributed by atoms with E-state index in [9.17, 15) is 4.39 Å². The number of rotatable bonds is 3. The molecule has 0 bridgehead atoms. The molecule has 0 aliphatic carbocycles. The molecule has 0 saturated heterocycles. The van der Waals surface area contributed by atoms with Crippen molar-refractivity contribution >= 4 is 28.2 Å². The van der Waals surface area contributed by atoms with Crippen LogP contribution in [0.3, 0.4) is 0 Å². The largest absolute Gasteiger partial charge is 0.378 e. The van der Waals surface area contributed by atoms with Crippen LogP contribution in [0.2, 0.25) is 5.02 Å². The Morgan fingerprint density at radius 1 is 1.25 bits per heavy atom. The fourth-order valence-corrected chi connectivity index (χ4v) is 2.33. The van der Waals surface area contributed by atoms with E-state index >= 15 is 0 Å². The van der Waals surface area contributed by atoms with E-state index in [0.29, 0.717) is 0 Å². The van der Waals surface area contributed by atoms with Crippen LogP contribution in [-0.2, 0) is 0 Å². The molecule has 3 nitrogen and oxygen atoms in total. The van der Waals surface area contributed by atoms with Gasteiger partial charge in [-0.3, -0.25) is 5.10 Å². The Labute approximate surface area is 120 Å². The number of H-pyrrole nitrogens is 1. The third-order valence-electron chi connectivity index (χ3n) is 3.27. The van der Waals surface area contributed by atoms with Gasteiger partial charge >= 0.3 is 0 Å². The summed E-state index contributed by atoms with van der Waals surface area (Å²) in [7, 11) is 0. The Bertz CT molecular complexity index is 754. The van der Waals surface area contributed by atoms with Crippen molar-refractivity contribution in [3.63, 3.8) is 0 Å². The predicted octanol–water partition coefficient (Wildman–Crippen LogP) is 4.53. The summed E-state index contributed by atoms with van der Waals surface area (Å²) in [6, 6.07) is 10.7. The van der Waals surface area contributed by atoms with Gasteiger partial charge in [-0.15, -0.1) is 0 Å². The highest BCUT2D eigenvalue weighted by Gasteiger charge is 2.09. The minimum atomic E-state index is -0.401. The van der Waals surface area contributed by atoms with Crippen LogP contribution < -0.4 is 5.32 Å². The summed E-state index contributed by atoms with van der Waals surface area (Å²) in [5, 5.41) is 11.5. The molecule has 5 heteroatoms. The highest BCUT2D eigenvalue weighted by Crippen LogP contribution is 2.25. The number of halogens is 2. The molecule has 0 amide bonds. The van der Waals surface area contributed by atoms with Gasteiger partial charge in [-0.2, -0.15) is 5.10 Å². The topological polar surface area (TPSA) is 40.7 Å². The highest BCUT2D eigenvalue weighted by atomic mass is 35.5. The van der Waals surface area contributed by atoms with E-state index in [0.717, 1.165) is 22.2 Å². The van der Waals surface area contributed by atoms with Crippen molar-refractivity contribution in [1.82, 2.24) is 10.2 Å². The van der Waals surface area contributed by atoms with Crippen LogP contribution in [0.4, 0.5) is 10.1 Å². The fourth-order valence-electron chi connectivity index (χ4n) is 2.14. The lowest BCUT2D eigenvalue weighted by Crippen LogP contribution is -2.06. The lowest BCUT2D eigenvalue weighted by molar-refractivity contribution is 0.627. The number of benzene rings is 2. The maximum atomic E-state index is 13.2. The molecular formula is C15H13ClFN3. The summed E-state index contributed by atoms with van der Waals surface area (Å²) in [6.07, 6.45) is 1.78. The van der Waals surface area contributed by atoms with E-state index in [-0.39, 0.29) is 11.1 Å². The fraction of sp³-hybridized carbons (Fsp3) is 0.133. The molecule has 3 rings (SSSR count). The van der Waals surface area contributed by atoms with Crippen molar-refractivity contribution in [2.45, 2.75) is 13.0 Å². The summed E-state index contributed by atoms with van der Waals surface area (Å²) in [4.78, 5) is 0. The summed E-state index contributed by atoms with van der Waals surface area (Å²) in [6.45, 7) is 2.00. The molecular weight excluding hydrogens is 277 g/mol. The van der Waals surface area contributed by atoms with E-state index in [4.69, 9.17) is 11.6 Å². The second-order valence-electron chi connectivity index (χ2n) is 4.71. The third-order valence-corrected chi connectivity index (χ3v) is 3.56. The Balaban J connectivity index is 1.83. The monoisotopic (exact) mass is 289 g/mol. The average molecular weight is 290 g/mol. The standard InChI is InChI=1S/C15H13ClFN3/c1-9(10-3-5-14(17)13(16)6-10)19-12-4-2-11-8-18-20-15(11)7-12/h2-9,19H,1H3,(H,18,20). The average Bonchev–Trinajstić information content (AvgIpc) is 2.89. The van der Waals surface area contributed by atoms with Gasteiger partial charge in [-0.25, -0.2) is 4.39 Å². The first-order valence-corrected chi connectivity index (χ1v) is 6.66. The molecule has 102 valence electrons. The summed E-state index contributed by atoms with van der Waals surface area (Å²) >= 11 is 5.81. The van der Waals surface area contributed by atoms with Gasteiger partial charge in [0.05, 0.1) is 16.7 Å². The van der Waals surface area contributed by atoms with Crippen molar-refractivity contribution in [3.8, 4) is 0 Å². The van der Waals surface area contributed by atoms with Crippen LogP contribution in [-0.4, -0.2) is 10.2 Å². The second-order valence-corrected chi connectivity index (χ2v) is 5.12. The molecule has 1 atom stereocenters. The van der Waals surface area contributed by atoms with Gasteiger partial charge in [-0.05, 0) is 42.8 Å². The number of hydrogen-bond donors (Lipinski definition) is 2. The molecule has 0 aliphatic heterocycles. The molecule has 3 aromatic rings. The van der Waals surface area contributed by atoms with E-state index in [1.807, 2.05) is 25.1 Å². The molecule has 0 fully saturated rings. The highest BCUT2D eigenvalue weighted by molar-refractivity contribution is 6.30. The van der Waals surface area contributed by atoms with Crippen LogP contribution in [0.25, 0.3) is 10.9 Å². The second kappa shape index (κ2) is 5.13. The van der Waals surface area contributed by atoms with E-state index < -0.39 is 5.82 Å². The molecule has 0 aliphatic rings. The zero-order valence-corrected chi connectivity index (χ0v) is 11.6. The van der Waals surface area contributed by atoms with Gasteiger partial charge in [-0.1, -0.05) is 17.7 Å². The third kappa shape index (κ3) is 2.47. The Morgan fingerprint density at radius 2 is 2.10 bits per heavy atom. The van der Waals surface area contributed by atoms with Crippen molar-refractivity contribution in [2.75, 3.05) is 5.32 Å². The van der Waals surface area contributed by atoms with Crippen LogP contribution in [0.5, 0.6) is 0 Å². The van der Waals surface area contributed by atoms with Crippen LogP contribution >= 0.6 is 11.6 Å². The molecule has 0 spiro atoms. The quantitative estimate of drug-likeness (QED) is 0.744. The zero-order chi connectivity index (χ0) is 14.1. The van der Waals surface area contributed by atoms with Crippen LogP contribution in [0.15, 0.2) is 42.6 Å². The van der Waals surface area contributed by atoms with E-state index in [2.05, 4.69) is 15.5 Å². The lowest BCUT2D eigenvalue weighted by Gasteiger charge is -2.16. The van der Waals surface area contributed by atoms with Gasteiger partial charge in [0, 0.05) is 17.1 Å². The number of anilines is 1. The summed E-state index contributed by atoms with van der Waals surface area (Å²) in [5.41, 5.74) is 2.87. The number of hydrogen-bond acceptors (Lipinski definition) is 2. The Morgan fingerprint density at radius 3 is 2.90 bits per heavy atom. The van der Waals surface area contributed by atoms with Gasteiger partial charge in [0.1, 0.15) is 5.82 Å². The van der Waals surface area contributed by atoms with Crippen LogP contribution in [0.1, 0.15) is 18.5 Å². The molecule has 0 saturated carbocycles. The van der Waals surface area contributed by atoms with Crippen molar-refractivity contribution < 1.29 is 4.39 Å². The first kappa shape index (κ1) is 12.9. The molecule has 20 heavy (non-hydrogen) atoms. The number of aromatic amines is 1. The summed E-state index contributed by atoms with van der Waals surface area (Å²) < 4.78 is 13.2. The van der Waals surface area contributed by atoms with Gasteiger partial charge in [0.25, 0.3) is 0 Å². The minimum Gasteiger partial charge on any atom is -0.378 e. The summed E-state index contributed by atoms with van der Waals surface area (Å²) in [5.74, 6) is -0.401. The zero-order valence-electron chi connectivity index (χ0n) is 10.8. The number of nitrogens with one attached hydrogen (secondary N) is 2. The Hall–Kier alpha value is -2.07. The number of nitrogens with zero attached hydrogens (tertiary/aromatic N) is 1. The maximum Gasteiger partial charge on any atom is 0.141 e. The van der Waals surface area contributed by atoms with Gasteiger partial charge in [0.15, 0.2) is 0 Å². The normalized spacial score (nSPS) is 12.6. The van der Waals surface area contributed by atoms with E-state index in [1.54, 1.807) is 18.3 Å². The lowest BCUT2D eigenvalue weighted by atomic mass is 10.1. The van der Waals surface area contributed by atoms with Gasteiger partial charge < -0.3 is 5.32 Å². The van der Waals surface area contributed by atoms with Crippen LogP contribution in [0, 0.1) is 5.82 Å². The number of fused-ring (bicyclic) bond motifs is 1. The smallest absolute Gasteiger partial charge is 0.141 e. The molecule has 0 radical (unpaired) electrons. The molecule has 2 aromatic carbocycles. The SMILES string of the molecule is CC(Nc1ccc2cn[nH]c2c1)c1ccc(F)c(Cl)c1. The van der Waals surface area contributed by atoms with Gasteiger partial charge in [0.2, 0.25) is 0 Å². The van der Waals surface area contributed by atoms with Crippen molar-refractivity contribution in [2.24, 2.45) is 0 Å². The van der Waals surface area contributed by atoms with E-state index in [1.165, 1.54) is 6.07 Å². The predicted molar refractivity (Wildman–Crippen MR) is 79.5 cm³/mol. The maximum absolute atomic E-state index is 13.2. The molecule has 1 aromatic heterocycles. The first-order chi connectivity index (χ1) is 9.63.